The van der Waals surface area contributed by atoms with Gasteiger partial charge in [-0.1, -0.05) is 43.7 Å². The fourth-order valence-electron chi connectivity index (χ4n) is 4.61. The maximum Gasteiger partial charge on any atom is 0.245 e. The SMILES string of the molecule is CCC[C@@H]1[C@H](c2ccccc2)C(C#N)(C#N)[C@]2(C#N)C[C@]1(O)NC2=O. The third-order valence-electron chi connectivity index (χ3n) is 5.71. The monoisotopic (exact) mass is 334 g/mol. The largest absolute Gasteiger partial charge is 0.371 e. The number of carbonyl (C=O) groups excluding carboxylic acids is 1. The molecule has 126 valence electrons. The van der Waals surface area contributed by atoms with Crippen molar-refractivity contribution in [1.82, 2.24) is 5.32 Å². The minimum Gasteiger partial charge on any atom is -0.371 e. The molecule has 25 heavy (non-hydrogen) atoms. The topological polar surface area (TPSA) is 121 Å². The van der Waals surface area contributed by atoms with E-state index in [9.17, 15) is 25.7 Å². The zero-order chi connectivity index (χ0) is 18.3. The van der Waals surface area contributed by atoms with Gasteiger partial charge >= 0.3 is 0 Å². The van der Waals surface area contributed by atoms with Gasteiger partial charge in [-0.15, -0.1) is 0 Å². The van der Waals surface area contributed by atoms with E-state index in [-0.39, 0.29) is 6.42 Å². The Morgan fingerprint density at radius 2 is 1.84 bits per heavy atom. The highest BCUT2D eigenvalue weighted by molar-refractivity contribution is 5.92. The lowest BCUT2D eigenvalue weighted by atomic mass is 9.48. The van der Waals surface area contributed by atoms with E-state index in [2.05, 4.69) is 5.32 Å². The zero-order valence-electron chi connectivity index (χ0n) is 13.9. The highest BCUT2D eigenvalue weighted by atomic mass is 16.3. The van der Waals surface area contributed by atoms with E-state index < -0.39 is 34.3 Å². The molecule has 1 aromatic carbocycles. The van der Waals surface area contributed by atoms with Crippen LogP contribution in [0.25, 0.3) is 0 Å². The van der Waals surface area contributed by atoms with Crippen LogP contribution < -0.4 is 5.32 Å². The molecule has 1 amide bonds. The van der Waals surface area contributed by atoms with Gasteiger partial charge in [-0.05, 0) is 12.0 Å². The molecule has 1 aliphatic carbocycles. The smallest absolute Gasteiger partial charge is 0.245 e. The summed E-state index contributed by atoms with van der Waals surface area (Å²) in [4.78, 5) is 12.7. The van der Waals surface area contributed by atoms with Crippen LogP contribution in [0.4, 0.5) is 0 Å². The van der Waals surface area contributed by atoms with Crippen molar-refractivity contribution in [2.24, 2.45) is 16.7 Å². The van der Waals surface area contributed by atoms with Crippen molar-refractivity contribution in [3.63, 3.8) is 0 Å². The minimum atomic E-state index is -1.89. The van der Waals surface area contributed by atoms with Crippen LogP contribution in [0.5, 0.6) is 0 Å². The molecule has 6 nitrogen and oxygen atoms in total. The summed E-state index contributed by atoms with van der Waals surface area (Å²) in [6, 6.07) is 14.9. The number of hydrogen-bond acceptors (Lipinski definition) is 5. The number of rotatable bonds is 3. The average molecular weight is 334 g/mol. The van der Waals surface area contributed by atoms with Gasteiger partial charge in [-0.3, -0.25) is 4.79 Å². The first kappa shape index (κ1) is 17.0. The van der Waals surface area contributed by atoms with Gasteiger partial charge in [0.25, 0.3) is 0 Å². The van der Waals surface area contributed by atoms with Crippen LogP contribution in [0.1, 0.15) is 37.7 Å². The number of nitriles is 3. The summed E-state index contributed by atoms with van der Waals surface area (Å²) in [7, 11) is 0. The number of amides is 1. The summed E-state index contributed by atoms with van der Waals surface area (Å²) in [5.41, 5.74) is -4.68. The Kier molecular flexibility index (Phi) is 3.79. The molecular formula is C19H18N4O2. The number of nitrogens with one attached hydrogen (secondary N) is 1. The van der Waals surface area contributed by atoms with Gasteiger partial charge in [0.15, 0.2) is 10.8 Å². The van der Waals surface area contributed by atoms with Crippen LogP contribution in [0.15, 0.2) is 30.3 Å². The van der Waals surface area contributed by atoms with E-state index >= 15 is 0 Å². The molecule has 2 fully saturated rings. The summed E-state index contributed by atoms with van der Waals surface area (Å²) in [5.74, 6) is -2.02. The maximum absolute atomic E-state index is 12.7. The fourth-order valence-corrected chi connectivity index (χ4v) is 4.61. The second kappa shape index (κ2) is 5.59. The molecule has 2 aliphatic rings. The third kappa shape index (κ3) is 1.94. The van der Waals surface area contributed by atoms with Crippen molar-refractivity contribution >= 4 is 5.91 Å². The number of nitrogens with zero attached hydrogens (tertiary/aromatic N) is 3. The molecule has 1 saturated carbocycles. The normalized spacial score (nSPS) is 35.1. The highest BCUT2D eigenvalue weighted by Crippen LogP contribution is 2.65. The summed E-state index contributed by atoms with van der Waals surface area (Å²) >= 11 is 0. The van der Waals surface area contributed by atoms with Crippen LogP contribution in [-0.4, -0.2) is 16.7 Å². The third-order valence-corrected chi connectivity index (χ3v) is 5.71. The summed E-state index contributed by atoms with van der Waals surface area (Å²) < 4.78 is 0. The lowest BCUT2D eigenvalue weighted by Gasteiger charge is -2.49. The van der Waals surface area contributed by atoms with Gasteiger partial charge < -0.3 is 10.4 Å². The van der Waals surface area contributed by atoms with Crippen LogP contribution >= 0.6 is 0 Å². The average Bonchev–Trinajstić information content (AvgIpc) is 2.88. The molecule has 1 saturated heterocycles. The number of aliphatic hydroxyl groups is 1. The van der Waals surface area contributed by atoms with Crippen molar-refractivity contribution in [3.8, 4) is 18.2 Å². The van der Waals surface area contributed by atoms with Gasteiger partial charge in [0, 0.05) is 18.3 Å². The quantitative estimate of drug-likeness (QED) is 0.875. The van der Waals surface area contributed by atoms with Crippen LogP contribution in [0.2, 0.25) is 0 Å². The number of carbonyl (C=O) groups is 1. The summed E-state index contributed by atoms with van der Waals surface area (Å²) in [6.45, 7) is 1.94. The van der Waals surface area contributed by atoms with E-state index in [0.717, 1.165) is 0 Å². The molecule has 0 spiro atoms. The molecule has 6 heteroatoms. The Labute approximate surface area is 146 Å². The van der Waals surface area contributed by atoms with Crippen LogP contribution in [0.3, 0.4) is 0 Å². The molecule has 2 bridgehead atoms. The summed E-state index contributed by atoms with van der Waals surface area (Å²) in [6.07, 6.45) is 0.978. The Bertz CT molecular complexity index is 818. The van der Waals surface area contributed by atoms with Gasteiger partial charge in [0.2, 0.25) is 5.91 Å². The van der Waals surface area contributed by atoms with Crippen molar-refractivity contribution < 1.29 is 9.90 Å². The fraction of sp³-hybridized carbons (Fsp3) is 0.474. The van der Waals surface area contributed by atoms with Crippen molar-refractivity contribution in [1.29, 1.82) is 15.8 Å². The van der Waals surface area contributed by atoms with E-state index in [1.807, 2.05) is 31.2 Å². The van der Waals surface area contributed by atoms with E-state index in [4.69, 9.17) is 0 Å². The predicted octanol–water partition coefficient (Wildman–Crippen LogP) is 1.95. The second-order valence-electron chi connectivity index (χ2n) is 6.89. The molecular weight excluding hydrogens is 316 g/mol. The minimum absolute atomic E-state index is 0.246. The van der Waals surface area contributed by atoms with Gasteiger partial charge in [-0.25, -0.2) is 0 Å². The Balaban J connectivity index is 2.35. The Hall–Kier alpha value is -2.88. The molecule has 0 unspecified atom stereocenters. The van der Waals surface area contributed by atoms with E-state index in [1.54, 1.807) is 24.3 Å². The van der Waals surface area contributed by atoms with Crippen LogP contribution in [0, 0.1) is 50.7 Å². The van der Waals surface area contributed by atoms with Crippen LogP contribution in [-0.2, 0) is 4.79 Å². The number of hydrogen-bond donors (Lipinski definition) is 2. The van der Waals surface area contributed by atoms with Gasteiger partial charge in [-0.2, -0.15) is 15.8 Å². The number of fused-ring (bicyclic) bond motifs is 2. The predicted molar refractivity (Wildman–Crippen MR) is 87.0 cm³/mol. The van der Waals surface area contributed by atoms with E-state index in [1.165, 1.54) is 0 Å². The molecule has 2 N–H and O–H groups in total. The Morgan fingerprint density at radius 3 is 2.36 bits per heavy atom. The van der Waals surface area contributed by atoms with Gasteiger partial charge in [0.1, 0.15) is 5.72 Å². The molecule has 0 radical (unpaired) electrons. The number of benzene rings is 1. The van der Waals surface area contributed by atoms with Gasteiger partial charge in [0.05, 0.1) is 18.2 Å². The molecule has 1 aromatic rings. The zero-order valence-corrected chi connectivity index (χ0v) is 13.9. The molecule has 3 rings (SSSR count). The second-order valence-corrected chi connectivity index (χ2v) is 6.89. The highest BCUT2D eigenvalue weighted by Gasteiger charge is 2.76. The molecule has 4 atom stereocenters. The first-order valence-electron chi connectivity index (χ1n) is 8.28. The summed E-state index contributed by atoms with van der Waals surface area (Å²) in [5, 5.41) is 43.5. The molecule has 1 aliphatic heterocycles. The standard InChI is InChI=1S/C19H18N4O2/c1-2-6-14-15(13-7-4-3-5-8-13)18(11-21,12-22)17(10-20)9-19(14,25)23-16(17)24/h3-5,7-8,14-15,25H,2,6,9H2,1H3,(H,23,24)/t14-,15+,17+,19-/m1/s1. The Morgan fingerprint density at radius 1 is 1.20 bits per heavy atom. The maximum atomic E-state index is 12.7. The first-order valence-corrected chi connectivity index (χ1v) is 8.28. The van der Waals surface area contributed by atoms with Crippen molar-refractivity contribution in [3.05, 3.63) is 35.9 Å². The first-order chi connectivity index (χ1) is 11.9. The van der Waals surface area contributed by atoms with Crippen molar-refractivity contribution in [2.75, 3.05) is 0 Å². The molecule has 1 heterocycles. The molecule has 0 aromatic heterocycles. The lowest BCUT2D eigenvalue weighted by molar-refractivity contribution is -0.128. The van der Waals surface area contributed by atoms with Crippen molar-refractivity contribution in [2.45, 2.75) is 37.8 Å². The van der Waals surface area contributed by atoms with E-state index in [0.29, 0.717) is 18.4 Å². The lowest BCUT2D eigenvalue weighted by Crippen LogP contribution is -2.57.